The van der Waals surface area contributed by atoms with Gasteiger partial charge in [-0.3, -0.25) is 0 Å². The predicted octanol–water partition coefficient (Wildman–Crippen LogP) is 3.47. The highest BCUT2D eigenvalue weighted by molar-refractivity contribution is 5.65. The average molecular weight is 327 g/mol. The largest absolute Gasteiger partial charge is 0.497 e. The molecule has 0 bridgehead atoms. The van der Waals surface area contributed by atoms with Gasteiger partial charge in [-0.2, -0.15) is 0 Å². The van der Waals surface area contributed by atoms with Gasteiger partial charge in [0, 0.05) is 18.8 Å². The Hall–Kier alpha value is -2.76. The molecule has 2 heterocycles. The zero-order valence-electron chi connectivity index (χ0n) is 14.4. The van der Waals surface area contributed by atoms with Crippen LogP contribution >= 0.6 is 0 Å². The van der Waals surface area contributed by atoms with Gasteiger partial charge in [-0.1, -0.05) is 6.92 Å². The van der Waals surface area contributed by atoms with Crippen LogP contribution in [-0.2, 0) is 13.0 Å². The van der Waals surface area contributed by atoms with Gasteiger partial charge in [0.2, 0.25) is 5.89 Å². The van der Waals surface area contributed by atoms with Gasteiger partial charge in [0.05, 0.1) is 26.3 Å². The average Bonchev–Trinajstić information content (AvgIpc) is 3.21. The SMILES string of the molecule is CCc1nccn1Cc1nc(-c2cc(OC)ccc2OC)oc1C. The first-order valence-corrected chi connectivity index (χ1v) is 7.85. The third kappa shape index (κ3) is 2.99. The fourth-order valence-corrected chi connectivity index (χ4v) is 2.63. The molecule has 2 aromatic heterocycles. The third-order valence-electron chi connectivity index (χ3n) is 3.97. The van der Waals surface area contributed by atoms with Crippen molar-refractivity contribution in [2.24, 2.45) is 0 Å². The van der Waals surface area contributed by atoms with Crippen molar-refractivity contribution in [1.29, 1.82) is 0 Å². The second-order valence-electron chi connectivity index (χ2n) is 5.41. The van der Waals surface area contributed by atoms with E-state index in [0.717, 1.165) is 35.0 Å². The number of hydrogen-bond acceptors (Lipinski definition) is 5. The maximum absolute atomic E-state index is 5.88. The highest BCUT2D eigenvalue weighted by Crippen LogP contribution is 2.34. The zero-order valence-corrected chi connectivity index (χ0v) is 14.4. The van der Waals surface area contributed by atoms with E-state index in [4.69, 9.17) is 13.9 Å². The van der Waals surface area contributed by atoms with Gasteiger partial charge in [0.15, 0.2) is 0 Å². The van der Waals surface area contributed by atoms with Crippen molar-refractivity contribution in [3.8, 4) is 23.0 Å². The first kappa shape index (κ1) is 16.1. The lowest BCUT2D eigenvalue weighted by molar-refractivity contribution is 0.402. The normalized spacial score (nSPS) is 10.8. The number of oxazole rings is 1. The summed E-state index contributed by atoms with van der Waals surface area (Å²) < 4.78 is 18.7. The highest BCUT2D eigenvalue weighted by Gasteiger charge is 2.17. The van der Waals surface area contributed by atoms with Crippen LogP contribution in [0.4, 0.5) is 0 Å². The summed E-state index contributed by atoms with van der Waals surface area (Å²) in [4.78, 5) is 9.01. The van der Waals surface area contributed by atoms with Crippen LogP contribution in [0.1, 0.15) is 24.2 Å². The summed E-state index contributed by atoms with van der Waals surface area (Å²) in [5.74, 6) is 3.76. The van der Waals surface area contributed by atoms with Crippen molar-refractivity contribution >= 4 is 0 Å². The molecule has 3 rings (SSSR count). The van der Waals surface area contributed by atoms with Crippen molar-refractivity contribution in [2.45, 2.75) is 26.8 Å². The minimum atomic E-state index is 0.524. The number of rotatable bonds is 6. The molecule has 0 N–H and O–H groups in total. The molecule has 1 aromatic carbocycles. The molecule has 0 unspecified atom stereocenters. The van der Waals surface area contributed by atoms with Crippen molar-refractivity contribution in [3.05, 3.63) is 47.9 Å². The molecule has 0 aliphatic carbocycles. The molecule has 3 aromatic rings. The number of ether oxygens (including phenoxy) is 2. The van der Waals surface area contributed by atoms with Gasteiger partial charge in [0.25, 0.3) is 0 Å². The number of hydrogen-bond donors (Lipinski definition) is 0. The molecule has 24 heavy (non-hydrogen) atoms. The van der Waals surface area contributed by atoms with Crippen LogP contribution in [0.15, 0.2) is 35.0 Å². The minimum absolute atomic E-state index is 0.524. The summed E-state index contributed by atoms with van der Waals surface area (Å²) >= 11 is 0. The van der Waals surface area contributed by atoms with E-state index >= 15 is 0 Å². The first-order chi connectivity index (χ1) is 11.7. The molecule has 0 aliphatic rings. The molecule has 126 valence electrons. The molecule has 0 fully saturated rings. The second-order valence-corrected chi connectivity index (χ2v) is 5.41. The Labute approximate surface area is 141 Å². The Kier molecular flexibility index (Phi) is 4.55. The first-order valence-electron chi connectivity index (χ1n) is 7.85. The standard InChI is InChI=1S/C18H21N3O3/c1-5-17-19-8-9-21(17)11-15-12(2)24-18(20-15)14-10-13(22-3)6-7-16(14)23-4/h6-10H,5,11H2,1-4H3. The van der Waals surface area contributed by atoms with Crippen LogP contribution in [0.25, 0.3) is 11.5 Å². The lowest BCUT2D eigenvalue weighted by Gasteiger charge is -2.07. The van der Waals surface area contributed by atoms with Crippen LogP contribution < -0.4 is 9.47 Å². The Morgan fingerprint density at radius 2 is 2.04 bits per heavy atom. The van der Waals surface area contributed by atoms with Gasteiger partial charge in [0.1, 0.15) is 28.8 Å². The molecule has 6 nitrogen and oxygen atoms in total. The van der Waals surface area contributed by atoms with Gasteiger partial charge >= 0.3 is 0 Å². The Bertz CT molecular complexity index is 836. The lowest BCUT2D eigenvalue weighted by atomic mass is 10.2. The number of aromatic nitrogens is 3. The topological polar surface area (TPSA) is 62.3 Å². The Morgan fingerprint density at radius 3 is 2.75 bits per heavy atom. The van der Waals surface area contributed by atoms with Gasteiger partial charge in [-0.05, 0) is 25.1 Å². The summed E-state index contributed by atoms with van der Waals surface area (Å²) in [6, 6.07) is 5.55. The van der Waals surface area contributed by atoms with Crippen LogP contribution in [0.5, 0.6) is 11.5 Å². The highest BCUT2D eigenvalue weighted by atomic mass is 16.5. The fourth-order valence-electron chi connectivity index (χ4n) is 2.63. The molecular formula is C18H21N3O3. The van der Waals surface area contributed by atoms with E-state index in [-0.39, 0.29) is 0 Å². The smallest absolute Gasteiger partial charge is 0.230 e. The van der Waals surface area contributed by atoms with Crippen molar-refractivity contribution < 1.29 is 13.9 Å². The quantitative estimate of drug-likeness (QED) is 0.693. The van der Waals surface area contributed by atoms with E-state index in [1.807, 2.05) is 31.3 Å². The van der Waals surface area contributed by atoms with Crippen molar-refractivity contribution in [1.82, 2.24) is 14.5 Å². The maximum Gasteiger partial charge on any atom is 0.230 e. The number of aryl methyl sites for hydroxylation is 2. The second kappa shape index (κ2) is 6.78. The number of imidazole rings is 1. The number of methoxy groups -OCH3 is 2. The zero-order chi connectivity index (χ0) is 17.1. The molecule has 0 atom stereocenters. The van der Waals surface area contributed by atoms with Crippen LogP contribution in [0.3, 0.4) is 0 Å². The monoisotopic (exact) mass is 327 g/mol. The summed E-state index contributed by atoms with van der Waals surface area (Å²) in [7, 11) is 3.25. The van der Waals surface area contributed by atoms with Crippen molar-refractivity contribution in [2.75, 3.05) is 14.2 Å². The van der Waals surface area contributed by atoms with Crippen LogP contribution in [0, 0.1) is 6.92 Å². The molecule has 0 amide bonds. The molecule has 0 saturated carbocycles. The summed E-state index contributed by atoms with van der Waals surface area (Å²) in [6.07, 6.45) is 4.64. The van der Waals surface area contributed by atoms with Gasteiger partial charge in [-0.25, -0.2) is 9.97 Å². The lowest BCUT2D eigenvalue weighted by Crippen LogP contribution is -2.04. The van der Waals surface area contributed by atoms with Crippen LogP contribution in [-0.4, -0.2) is 28.8 Å². The summed E-state index contributed by atoms with van der Waals surface area (Å²) in [5, 5.41) is 0. The molecule has 0 saturated heterocycles. The Morgan fingerprint density at radius 1 is 1.21 bits per heavy atom. The summed E-state index contributed by atoms with van der Waals surface area (Å²) in [5.41, 5.74) is 1.65. The fraction of sp³-hybridized carbons (Fsp3) is 0.333. The van der Waals surface area contributed by atoms with E-state index in [2.05, 4.69) is 21.5 Å². The maximum atomic E-state index is 5.88. The molecular weight excluding hydrogens is 306 g/mol. The van der Waals surface area contributed by atoms with E-state index < -0.39 is 0 Å². The predicted molar refractivity (Wildman–Crippen MR) is 90.5 cm³/mol. The number of nitrogens with zero attached hydrogens (tertiary/aromatic N) is 3. The van der Waals surface area contributed by atoms with Crippen LogP contribution in [0.2, 0.25) is 0 Å². The Balaban J connectivity index is 1.97. The van der Waals surface area contributed by atoms with E-state index in [1.54, 1.807) is 20.4 Å². The van der Waals surface area contributed by atoms with Gasteiger partial charge in [-0.15, -0.1) is 0 Å². The van der Waals surface area contributed by atoms with E-state index in [1.165, 1.54) is 0 Å². The van der Waals surface area contributed by atoms with E-state index in [9.17, 15) is 0 Å². The molecule has 0 radical (unpaired) electrons. The third-order valence-corrected chi connectivity index (χ3v) is 3.97. The van der Waals surface area contributed by atoms with Gasteiger partial charge < -0.3 is 18.5 Å². The molecule has 0 spiro atoms. The van der Waals surface area contributed by atoms with Crippen molar-refractivity contribution in [3.63, 3.8) is 0 Å². The minimum Gasteiger partial charge on any atom is -0.497 e. The molecule has 0 aliphatic heterocycles. The van der Waals surface area contributed by atoms with E-state index in [0.29, 0.717) is 18.2 Å². The summed E-state index contributed by atoms with van der Waals surface area (Å²) in [6.45, 7) is 4.63. The number of benzene rings is 1. The molecule has 6 heteroatoms.